The van der Waals surface area contributed by atoms with Crippen LogP contribution in [0.5, 0.6) is 0 Å². The molecule has 0 bridgehead atoms. The van der Waals surface area contributed by atoms with Gasteiger partial charge in [-0.1, -0.05) is 6.92 Å². The molecule has 0 aromatic carbocycles. The fraction of sp³-hybridized carbons (Fsp3) is 0.893. The molecule has 1 spiro atoms. The average Bonchev–Trinajstić information content (AvgIpc) is 3.37. The van der Waals surface area contributed by atoms with Crippen LogP contribution in [-0.4, -0.2) is 109 Å². The molecule has 5 aliphatic rings. The van der Waals surface area contributed by atoms with E-state index in [9.17, 15) is 14.4 Å². The Kier molecular flexibility index (Phi) is 7.87. The highest BCUT2D eigenvalue weighted by Crippen LogP contribution is 2.53. The van der Waals surface area contributed by atoms with Gasteiger partial charge in [-0.25, -0.2) is 9.80 Å². The number of methoxy groups -OCH3 is 2. The van der Waals surface area contributed by atoms with Gasteiger partial charge in [0.2, 0.25) is 0 Å². The average molecular weight is 570 g/mol. The Bertz CT molecular complexity index is 983. The van der Waals surface area contributed by atoms with E-state index in [-0.39, 0.29) is 47.7 Å². The number of likely N-dealkylation sites (tertiary alicyclic amines) is 1. The number of alkyl halides is 1. The molecule has 8 unspecified atom stereocenters. The van der Waals surface area contributed by atoms with E-state index < -0.39 is 40.6 Å². The van der Waals surface area contributed by atoms with Crippen molar-refractivity contribution >= 4 is 29.3 Å². The van der Waals surface area contributed by atoms with Crippen LogP contribution in [0.25, 0.3) is 0 Å². The summed E-state index contributed by atoms with van der Waals surface area (Å²) in [5, 5.41) is 1.51. The largest absolute Gasteiger partial charge is 0.444 e. The number of hydrogen-bond acceptors (Lipinski definition) is 9. The van der Waals surface area contributed by atoms with Crippen LogP contribution in [0.3, 0.4) is 0 Å². The van der Waals surface area contributed by atoms with E-state index in [1.807, 2.05) is 34.7 Å². The fourth-order valence-electron chi connectivity index (χ4n) is 7.95. The molecule has 220 valence electrons. The molecule has 3 saturated heterocycles. The predicted octanol–water partition coefficient (Wildman–Crippen LogP) is 2.41. The Morgan fingerprint density at radius 2 is 1.67 bits per heavy atom. The van der Waals surface area contributed by atoms with Crippen LogP contribution in [0.1, 0.15) is 53.4 Å². The molecular formula is C28H44ClN3O7. The lowest BCUT2D eigenvalue weighted by Gasteiger charge is -2.44. The highest BCUT2D eigenvalue weighted by Gasteiger charge is 2.71. The monoisotopic (exact) mass is 569 g/mol. The van der Waals surface area contributed by atoms with Gasteiger partial charge in [-0.2, -0.15) is 0 Å². The molecule has 3 heterocycles. The molecule has 11 heteroatoms. The molecule has 1 amide bonds. The van der Waals surface area contributed by atoms with E-state index in [1.165, 1.54) is 0 Å². The lowest BCUT2D eigenvalue weighted by Crippen LogP contribution is -2.62. The normalized spacial score (nSPS) is 43.6. The van der Waals surface area contributed by atoms with E-state index in [1.54, 1.807) is 19.1 Å². The van der Waals surface area contributed by atoms with Crippen LogP contribution in [0.4, 0.5) is 4.79 Å². The van der Waals surface area contributed by atoms with Crippen molar-refractivity contribution in [2.45, 2.75) is 100 Å². The van der Waals surface area contributed by atoms with Gasteiger partial charge in [-0.15, -0.1) is 11.6 Å². The Morgan fingerprint density at radius 3 is 2.26 bits per heavy atom. The maximum Gasteiger partial charge on any atom is 0.410 e. The molecule has 1 N–H and O–H groups in total. The molecule has 2 aliphatic carbocycles. The number of hydrogen-bond donors (Lipinski definition) is 1. The van der Waals surface area contributed by atoms with Crippen LogP contribution in [0, 0.1) is 23.7 Å². The third-order valence-corrected chi connectivity index (χ3v) is 10.3. The van der Waals surface area contributed by atoms with Gasteiger partial charge >= 0.3 is 6.09 Å². The number of halogens is 1. The molecule has 5 fully saturated rings. The second-order valence-corrected chi connectivity index (χ2v) is 13.6. The molecule has 0 aromatic heterocycles. The smallest absolute Gasteiger partial charge is 0.410 e. The van der Waals surface area contributed by atoms with Crippen molar-refractivity contribution in [3.63, 3.8) is 0 Å². The summed E-state index contributed by atoms with van der Waals surface area (Å²) >= 11 is 6.80. The molecule has 0 aromatic rings. The molecule has 3 aliphatic heterocycles. The van der Waals surface area contributed by atoms with Crippen molar-refractivity contribution in [1.82, 2.24) is 15.3 Å². The number of rotatable bonds is 3. The molecule has 2 saturated carbocycles. The van der Waals surface area contributed by atoms with Crippen molar-refractivity contribution in [2.24, 2.45) is 23.7 Å². The summed E-state index contributed by atoms with van der Waals surface area (Å²) in [6.45, 7) is 8.67. The van der Waals surface area contributed by atoms with Crippen molar-refractivity contribution in [3.8, 4) is 0 Å². The minimum Gasteiger partial charge on any atom is -0.444 e. The first-order valence-corrected chi connectivity index (χ1v) is 14.7. The summed E-state index contributed by atoms with van der Waals surface area (Å²) in [6.07, 6.45) is 0.918. The number of carbonyl (C=O) groups is 3. The van der Waals surface area contributed by atoms with Crippen LogP contribution in [-0.2, 0) is 28.5 Å². The first-order chi connectivity index (χ1) is 18.3. The van der Waals surface area contributed by atoms with Gasteiger partial charge in [0.1, 0.15) is 5.60 Å². The topological polar surface area (TPSA) is 107 Å². The highest BCUT2D eigenvalue weighted by molar-refractivity contribution is 6.23. The summed E-state index contributed by atoms with van der Waals surface area (Å²) in [5.74, 6) is -1.47. The highest BCUT2D eigenvalue weighted by atomic mass is 35.5. The minimum absolute atomic E-state index is 0.0761. The van der Waals surface area contributed by atoms with Gasteiger partial charge in [-0.05, 0) is 46.0 Å². The second kappa shape index (κ2) is 10.5. The summed E-state index contributed by atoms with van der Waals surface area (Å²) in [4.78, 5) is 43.1. The lowest BCUT2D eigenvalue weighted by atomic mass is 9.62. The quantitative estimate of drug-likeness (QED) is 0.405. The zero-order valence-electron chi connectivity index (χ0n) is 24.1. The van der Waals surface area contributed by atoms with Gasteiger partial charge in [-0.3, -0.25) is 15.0 Å². The number of hydrazine groups is 1. The Labute approximate surface area is 236 Å². The van der Waals surface area contributed by atoms with Crippen molar-refractivity contribution in [3.05, 3.63) is 0 Å². The Morgan fingerprint density at radius 1 is 1.05 bits per heavy atom. The van der Waals surface area contributed by atoms with Gasteiger partial charge in [0.25, 0.3) is 0 Å². The van der Waals surface area contributed by atoms with Gasteiger partial charge < -0.3 is 23.8 Å². The first-order valence-electron chi connectivity index (χ1n) is 14.3. The van der Waals surface area contributed by atoms with Gasteiger partial charge in [0.15, 0.2) is 17.2 Å². The number of amides is 1. The van der Waals surface area contributed by atoms with E-state index in [2.05, 4.69) is 10.4 Å². The number of carbonyl (C=O) groups excluding carboxylic acids is 3. The molecule has 39 heavy (non-hydrogen) atoms. The number of nitrogens with one attached hydrogen (secondary N) is 1. The molecular weight excluding hydrogens is 526 g/mol. The zero-order valence-corrected chi connectivity index (χ0v) is 24.9. The van der Waals surface area contributed by atoms with Crippen molar-refractivity contribution < 1.29 is 33.3 Å². The number of ether oxygens (including phenoxy) is 4. The van der Waals surface area contributed by atoms with E-state index in [0.29, 0.717) is 25.9 Å². The lowest BCUT2D eigenvalue weighted by molar-refractivity contribution is -0.170. The number of Topliss-reactive ketones (excluding diaryl/α,β-unsaturated/α-hetero) is 2. The minimum atomic E-state index is -1.54. The summed E-state index contributed by atoms with van der Waals surface area (Å²) in [6, 6.07) is -0.184. The molecule has 0 radical (unpaired) electrons. The third kappa shape index (κ3) is 4.73. The first kappa shape index (κ1) is 29.2. The molecule has 5 rings (SSSR count). The summed E-state index contributed by atoms with van der Waals surface area (Å²) in [5.41, 5.74) is 1.44. The SMILES string of the molecule is COC1CC(OC)C2C(=O)[C@@]3(OC2C1Cl)C(=O)C1C(C[C@H]3C)NN(C)C1C1CCN(C(=O)OC(C)(C)C)CC1. The maximum absolute atomic E-state index is 14.6. The van der Waals surface area contributed by atoms with Crippen molar-refractivity contribution in [2.75, 3.05) is 34.4 Å². The van der Waals surface area contributed by atoms with E-state index in [4.69, 9.17) is 30.5 Å². The van der Waals surface area contributed by atoms with Gasteiger partial charge in [0, 0.05) is 58.8 Å². The van der Waals surface area contributed by atoms with Crippen LogP contribution < -0.4 is 5.43 Å². The number of nitrogens with zero attached hydrogens (tertiary/aromatic N) is 2. The number of fused-ring (bicyclic) bond motifs is 2. The number of piperidine rings is 1. The van der Waals surface area contributed by atoms with Gasteiger partial charge in [0.05, 0.1) is 35.5 Å². The van der Waals surface area contributed by atoms with Crippen molar-refractivity contribution in [1.29, 1.82) is 0 Å². The summed E-state index contributed by atoms with van der Waals surface area (Å²) < 4.78 is 23.5. The van der Waals surface area contributed by atoms with Crippen LogP contribution in [0.2, 0.25) is 0 Å². The maximum atomic E-state index is 14.6. The van der Waals surface area contributed by atoms with Crippen LogP contribution >= 0.6 is 11.6 Å². The Balaban J connectivity index is 1.38. The standard InChI is InChI=1S/C28H44ClN3O7/c1-14-12-16-19(22(31(5)30-16)15-8-10-32(11-9-15)26(35)39-27(2,3)4)24(33)28(14)25(34)20-17(36-6)13-18(37-7)21(29)23(20)38-28/h14-23,30H,8-13H2,1-7H3/t14-,16?,17?,18?,19?,20?,21?,22?,23?,28+/m1/s1. The fourth-order valence-corrected chi connectivity index (χ4v) is 8.37. The van der Waals surface area contributed by atoms with E-state index >= 15 is 0 Å². The number of ketones is 2. The molecule has 10 nitrogen and oxygen atoms in total. The van der Waals surface area contributed by atoms with E-state index in [0.717, 1.165) is 12.8 Å². The second-order valence-electron chi connectivity index (χ2n) is 13.1. The Hall–Kier alpha value is -1.30. The zero-order chi connectivity index (χ0) is 28.4. The van der Waals surface area contributed by atoms with Crippen LogP contribution in [0.15, 0.2) is 0 Å². The third-order valence-electron chi connectivity index (χ3n) is 9.75. The summed E-state index contributed by atoms with van der Waals surface area (Å²) in [7, 11) is 5.15. The predicted molar refractivity (Wildman–Crippen MR) is 143 cm³/mol. The molecule has 10 atom stereocenters.